The van der Waals surface area contributed by atoms with E-state index < -0.39 is 51.8 Å². The first kappa shape index (κ1) is 43.0. The van der Waals surface area contributed by atoms with Crippen LogP contribution in [-0.2, 0) is 32.7 Å². The van der Waals surface area contributed by atoms with E-state index in [0.29, 0.717) is 12.8 Å². The van der Waals surface area contributed by atoms with Gasteiger partial charge in [0.25, 0.3) is 0 Å². The third-order valence-electron chi connectivity index (χ3n) is 7.27. The number of rotatable bonds is 33. The molecule has 3 N–H and O–H groups in total. The van der Waals surface area contributed by atoms with Crippen LogP contribution >= 0.6 is 7.82 Å². The van der Waals surface area contributed by atoms with Gasteiger partial charge in [0.05, 0.1) is 19.8 Å². The fraction of sp³-hybridized carbons (Fsp3) is 0.879. The van der Waals surface area contributed by atoms with E-state index in [1.165, 1.54) is 57.8 Å². The van der Waals surface area contributed by atoms with Gasteiger partial charge in [0, 0.05) is 12.8 Å². The monoisotopic (exact) mass is 650 g/mol. The van der Waals surface area contributed by atoms with Gasteiger partial charge in [-0.15, -0.1) is 0 Å². The molecule has 44 heavy (non-hydrogen) atoms. The zero-order chi connectivity index (χ0) is 32.7. The van der Waals surface area contributed by atoms with Gasteiger partial charge in [0.1, 0.15) is 12.7 Å². The van der Waals surface area contributed by atoms with Gasteiger partial charge < -0.3 is 44.3 Å². The number of unbranched alkanes of at least 4 members (excludes halogenated alkanes) is 19. The number of aliphatic hydroxyl groups is 2. The molecule has 0 spiro atoms. The molecule has 0 aliphatic carbocycles. The summed E-state index contributed by atoms with van der Waals surface area (Å²) in [5.74, 6) is -0.944. The van der Waals surface area contributed by atoms with Crippen LogP contribution in [0.25, 0.3) is 0 Å². The zero-order valence-electron chi connectivity index (χ0n) is 27.5. The molecular formula is C33H63O10P-2. The van der Waals surface area contributed by atoms with Crippen molar-refractivity contribution in [1.29, 1.82) is 0 Å². The molecular weight excluding hydrogens is 587 g/mol. The number of ether oxygens (including phenoxy) is 2. The summed E-state index contributed by atoms with van der Waals surface area (Å²) in [5.41, 5.74) is 0. The Kier molecular flexibility index (Phi) is 29.9. The van der Waals surface area contributed by atoms with Crippen LogP contribution < -0.4 is 0 Å². The Balaban J connectivity index is 4.35. The van der Waals surface area contributed by atoms with Crippen molar-refractivity contribution in [2.24, 2.45) is 0 Å². The minimum absolute atomic E-state index is 0.171. The third-order valence-corrected chi connectivity index (χ3v) is 8.22. The molecule has 0 aliphatic rings. The van der Waals surface area contributed by atoms with Crippen molar-refractivity contribution in [3.05, 3.63) is 13.3 Å². The Morgan fingerprint density at radius 3 is 1.73 bits per heavy atom. The Bertz CT molecular complexity index is 721. The van der Waals surface area contributed by atoms with Crippen LogP contribution in [0.3, 0.4) is 0 Å². The summed E-state index contributed by atoms with van der Waals surface area (Å²) in [7, 11) is -4.60. The maximum Gasteiger partial charge on any atom is 0.472 e. The second-order valence-corrected chi connectivity index (χ2v) is 13.0. The maximum absolute atomic E-state index is 12.4. The van der Waals surface area contributed by atoms with Crippen molar-refractivity contribution in [3.63, 3.8) is 0 Å². The number of esters is 2. The van der Waals surface area contributed by atoms with Gasteiger partial charge >= 0.3 is 19.8 Å². The Hall–Kier alpha value is -1.03. The first-order valence-corrected chi connectivity index (χ1v) is 18.6. The van der Waals surface area contributed by atoms with Crippen molar-refractivity contribution in [1.82, 2.24) is 0 Å². The predicted octanol–water partition coefficient (Wildman–Crippen LogP) is 7.57. The van der Waals surface area contributed by atoms with E-state index in [0.717, 1.165) is 57.8 Å². The molecule has 0 bridgehead atoms. The highest BCUT2D eigenvalue weighted by Crippen LogP contribution is 2.43. The van der Waals surface area contributed by atoms with Crippen molar-refractivity contribution >= 4 is 19.8 Å². The molecule has 0 aromatic rings. The van der Waals surface area contributed by atoms with Gasteiger partial charge in [-0.25, -0.2) is 4.57 Å². The molecule has 0 radical (unpaired) electrons. The fourth-order valence-corrected chi connectivity index (χ4v) is 5.38. The van der Waals surface area contributed by atoms with E-state index in [1.54, 1.807) is 0 Å². The average molecular weight is 651 g/mol. The molecule has 0 saturated carbocycles. The number of hydrogen-bond acceptors (Lipinski definition) is 9. The van der Waals surface area contributed by atoms with Crippen LogP contribution in [0.1, 0.15) is 148 Å². The number of phosphoric acid groups is 1. The molecule has 262 valence electrons. The molecule has 0 heterocycles. The molecule has 0 aromatic carbocycles. The number of phosphoric ester groups is 1. The lowest BCUT2D eigenvalue weighted by Crippen LogP contribution is -2.29. The first-order valence-electron chi connectivity index (χ1n) is 17.1. The van der Waals surface area contributed by atoms with Crippen molar-refractivity contribution in [3.8, 4) is 0 Å². The first-order chi connectivity index (χ1) is 21.2. The van der Waals surface area contributed by atoms with E-state index in [9.17, 15) is 24.2 Å². The smallest absolute Gasteiger partial charge is 0.462 e. The quantitative estimate of drug-likeness (QED) is 0.0281. The van der Waals surface area contributed by atoms with Gasteiger partial charge in [-0.1, -0.05) is 110 Å². The topological polar surface area (TPSA) is 149 Å². The van der Waals surface area contributed by atoms with Crippen molar-refractivity contribution in [2.45, 2.75) is 160 Å². The Morgan fingerprint density at radius 2 is 1.20 bits per heavy atom. The fourth-order valence-electron chi connectivity index (χ4n) is 4.59. The minimum Gasteiger partial charge on any atom is -0.462 e. The predicted molar refractivity (Wildman–Crippen MR) is 173 cm³/mol. The van der Waals surface area contributed by atoms with Crippen LogP contribution in [0.5, 0.6) is 0 Å². The van der Waals surface area contributed by atoms with Crippen LogP contribution in [0, 0.1) is 13.3 Å². The lowest BCUT2D eigenvalue weighted by atomic mass is 10.0. The summed E-state index contributed by atoms with van der Waals surface area (Å²) in [6, 6.07) is 0. The molecule has 0 aromatic heterocycles. The largest absolute Gasteiger partial charge is 0.472 e. The number of aliphatic hydroxyl groups excluding tert-OH is 2. The SMILES string of the molecule is [CH2-]C[CH-]CCCCCCCC(=O)O[C@H](COC(=O)CCCCCCCCCCCCCCC)COP(=O)(O)OC[C@H](O)CO. The molecule has 3 atom stereocenters. The molecule has 0 saturated heterocycles. The summed E-state index contributed by atoms with van der Waals surface area (Å²) >= 11 is 0. The third kappa shape index (κ3) is 29.7. The summed E-state index contributed by atoms with van der Waals surface area (Å²) < 4.78 is 32.4. The van der Waals surface area contributed by atoms with Crippen LogP contribution in [0.2, 0.25) is 0 Å². The van der Waals surface area contributed by atoms with E-state index in [-0.39, 0.29) is 19.4 Å². The molecule has 1 unspecified atom stereocenters. The molecule has 0 fully saturated rings. The highest BCUT2D eigenvalue weighted by Gasteiger charge is 2.27. The summed E-state index contributed by atoms with van der Waals surface area (Å²) in [6.07, 6.45) is 22.4. The number of hydrogen-bond donors (Lipinski definition) is 3. The van der Waals surface area contributed by atoms with Gasteiger partial charge in [-0.05, 0) is 12.8 Å². The Morgan fingerprint density at radius 1 is 0.727 bits per heavy atom. The van der Waals surface area contributed by atoms with Crippen molar-refractivity contribution < 1.29 is 47.8 Å². The van der Waals surface area contributed by atoms with Crippen LogP contribution in [-0.4, -0.2) is 65.7 Å². The lowest BCUT2D eigenvalue weighted by molar-refractivity contribution is -0.161. The van der Waals surface area contributed by atoms with E-state index >= 15 is 0 Å². The highest BCUT2D eigenvalue weighted by molar-refractivity contribution is 7.47. The van der Waals surface area contributed by atoms with Crippen LogP contribution in [0.15, 0.2) is 0 Å². The zero-order valence-corrected chi connectivity index (χ0v) is 28.4. The summed E-state index contributed by atoms with van der Waals surface area (Å²) in [6.45, 7) is 3.90. The van der Waals surface area contributed by atoms with Crippen LogP contribution in [0.4, 0.5) is 0 Å². The van der Waals surface area contributed by atoms with Gasteiger partial charge in [0.15, 0.2) is 6.10 Å². The average Bonchev–Trinajstić information content (AvgIpc) is 3.00. The molecule has 0 rings (SSSR count). The second kappa shape index (κ2) is 30.6. The lowest BCUT2D eigenvalue weighted by Gasteiger charge is -2.20. The normalized spacial score (nSPS) is 14.2. The molecule has 10 nitrogen and oxygen atoms in total. The summed E-state index contributed by atoms with van der Waals surface area (Å²) in [4.78, 5) is 34.5. The second-order valence-electron chi connectivity index (χ2n) is 11.6. The molecule has 0 aliphatic heterocycles. The maximum atomic E-state index is 12.4. The highest BCUT2D eigenvalue weighted by atomic mass is 31.2. The van der Waals surface area contributed by atoms with E-state index in [2.05, 4.69) is 24.8 Å². The summed E-state index contributed by atoms with van der Waals surface area (Å²) in [5, 5.41) is 18.2. The molecule has 0 amide bonds. The van der Waals surface area contributed by atoms with E-state index in [1.807, 2.05) is 0 Å². The van der Waals surface area contributed by atoms with Crippen molar-refractivity contribution in [2.75, 3.05) is 26.4 Å². The van der Waals surface area contributed by atoms with Gasteiger partial charge in [0.2, 0.25) is 0 Å². The van der Waals surface area contributed by atoms with E-state index in [4.69, 9.17) is 19.1 Å². The number of carbonyl (C=O) groups is 2. The Labute approximate surface area is 267 Å². The van der Waals surface area contributed by atoms with Gasteiger partial charge in [-0.2, -0.15) is 6.42 Å². The molecule has 11 heteroatoms. The van der Waals surface area contributed by atoms with Gasteiger partial charge in [-0.3, -0.25) is 18.6 Å². The standard InChI is InChI=1S/C33H63O10P/c1-3-5-7-9-11-13-14-15-16-17-19-20-22-24-32(36)40-28-31(29-42-44(38,39)41-27-30(35)26-34)43-33(37)25-23-21-18-12-10-8-6-4-2/h6,30-31,34-35H,2-5,7-29H2,1H3,(H,38,39)/q-2/t30-,31-/m1/s1. The number of carbonyl (C=O) groups excluding carboxylic acids is 2. The minimum atomic E-state index is -4.60.